The molecule has 2 amide bonds. The Bertz CT molecular complexity index is 1060. The molecule has 1 N–H and O–H groups in total. The molecule has 0 radical (unpaired) electrons. The van der Waals surface area contributed by atoms with Crippen molar-refractivity contribution in [2.24, 2.45) is 0 Å². The van der Waals surface area contributed by atoms with Gasteiger partial charge in [-0.3, -0.25) is 13.9 Å². The van der Waals surface area contributed by atoms with Gasteiger partial charge in [-0.15, -0.1) is 0 Å². The summed E-state index contributed by atoms with van der Waals surface area (Å²) >= 11 is 0. The number of sulfonamides is 1. The topological polar surface area (TPSA) is 86.8 Å². The molecule has 1 saturated heterocycles. The first-order valence-corrected chi connectivity index (χ1v) is 11.7. The number of anilines is 3. The zero-order valence-corrected chi connectivity index (χ0v) is 18.5. The first kappa shape index (κ1) is 21.8. The van der Waals surface area contributed by atoms with Gasteiger partial charge in [-0.1, -0.05) is 17.7 Å². The Morgan fingerprint density at radius 2 is 1.70 bits per heavy atom. The van der Waals surface area contributed by atoms with Crippen molar-refractivity contribution in [3.05, 3.63) is 53.1 Å². The van der Waals surface area contributed by atoms with Crippen molar-refractivity contribution >= 4 is 38.9 Å². The number of nitrogens with zero attached hydrogens (tertiary/aromatic N) is 2. The lowest BCUT2D eigenvalue weighted by Crippen LogP contribution is -2.38. The van der Waals surface area contributed by atoms with Crippen LogP contribution >= 0.6 is 0 Å². The van der Waals surface area contributed by atoms with Gasteiger partial charge in [0.2, 0.25) is 21.8 Å². The van der Waals surface area contributed by atoms with Crippen LogP contribution in [0, 0.1) is 20.8 Å². The van der Waals surface area contributed by atoms with E-state index in [0.29, 0.717) is 24.3 Å². The zero-order valence-electron chi connectivity index (χ0n) is 17.7. The largest absolute Gasteiger partial charge is 0.325 e. The molecule has 0 saturated carbocycles. The van der Waals surface area contributed by atoms with Crippen molar-refractivity contribution < 1.29 is 18.0 Å². The maximum Gasteiger partial charge on any atom is 0.245 e. The number of carbonyl (C=O) groups is 2. The molecule has 160 valence electrons. The number of hydrogen-bond acceptors (Lipinski definition) is 4. The average Bonchev–Trinajstić information content (AvgIpc) is 3.06. The maximum absolute atomic E-state index is 12.6. The zero-order chi connectivity index (χ0) is 22.1. The molecule has 0 unspecified atom stereocenters. The van der Waals surface area contributed by atoms with Crippen LogP contribution in [0.2, 0.25) is 0 Å². The van der Waals surface area contributed by atoms with Crippen LogP contribution in [0.4, 0.5) is 17.1 Å². The summed E-state index contributed by atoms with van der Waals surface area (Å²) in [7, 11) is -3.66. The number of benzene rings is 2. The maximum atomic E-state index is 12.6. The van der Waals surface area contributed by atoms with Crippen molar-refractivity contribution in [3.63, 3.8) is 0 Å². The summed E-state index contributed by atoms with van der Waals surface area (Å²) in [6.07, 6.45) is 2.50. The van der Waals surface area contributed by atoms with Crippen LogP contribution in [-0.4, -0.2) is 39.6 Å². The number of aryl methyl sites for hydroxylation is 3. The van der Waals surface area contributed by atoms with Gasteiger partial charge in [-0.25, -0.2) is 8.42 Å². The molecule has 2 aromatic carbocycles. The van der Waals surface area contributed by atoms with E-state index in [9.17, 15) is 18.0 Å². The Kier molecular flexibility index (Phi) is 6.17. The second-order valence-corrected chi connectivity index (χ2v) is 9.67. The van der Waals surface area contributed by atoms with Gasteiger partial charge in [0.05, 0.1) is 11.9 Å². The van der Waals surface area contributed by atoms with Gasteiger partial charge in [0, 0.05) is 24.3 Å². The Morgan fingerprint density at radius 3 is 2.20 bits per heavy atom. The van der Waals surface area contributed by atoms with E-state index in [1.54, 1.807) is 29.2 Å². The van der Waals surface area contributed by atoms with Gasteiger partial charge >= 0.3 is 0 Å². The van der Waals surface area contributed by atoms with Crippen molar-refractivity contribution in [2.75, 3.05) is 33.9 Å². The number of amides is 2. The third-order valence-corrected chi connectivity index (χ3v) is 6.22. The predicted octanol–water partition coefficient (Wildman–Crippen LogP) is 3.14. The summed E-state index contributed by atoms with van der Waals surface area (Å²) in [5, 5.41) is 2.75. The normalized spacial score (nSPS) is 14.1. The van der Waals surface area contributed by atoms with Gasteiger partial charge in [0.1, 0.15) is 6.54 Å². The van der Waals surface area contributed by atoms with Gasteiger partial charge in [-0.2, -0.15) is 0 Å². The molecule has 0 aromatic heterocycles. The highest BCUT2D eigenvalue weighted by Gasteiger charge is 2.25. The lowest BCUT2D eigenvalue weighted by molar-refractivity contribution is -0.117. The highest BCUT2D eigenvalue weighted by Crippen LogP contribution is 2.28. The van der Waals surface area contributed by atoms with Gasteiger partial charge < -0.3 is 10.2 Å². The van der Waals surface area contributed by atoms with E-state index in [2.05, 4.69) is 5.32 Å². The van der Waals surface area contributed by atoms with Gasteiger partial charge in [-0.05, 0) is 62.6 Å². The molecule has 0 spiro atoms. The van der Waals surface area contributed by atoms with Gasteiger partial charge in [0.15, 0.2) is 0 Å². The summed E-state index contributed by atoms with van der Waals surface area (Å²) < 4.78 is 26.0. The van der Waals surface area contributed by atoms with Crippen molar-refractivity contribution in [1.29, 1.82) is 0 Å². The minimum absolute atomic E-state index is 0.0967. The summed E-state index contributed by atoms with van der Waals surface area (Å²) in [5.74, 6) is -0.343. The number of nitrogens with one attached hydrogen (secondary N) is 1. The number of carbonyl (C=O) groups excluding carboxylic acids is 2. The molecule has 30 heavy (non-hydrogen) atoms. The summed E-state index contributed by atoms with van der Waals surface area (Å²) in [4.78, 5) is 26.2. The predicted molar refractivity (Wildman–Crippen MR) is 120 cm³/mol. The van der Waals surface area contributed by atoms with Crippen LogP contribution in [0.3, 0.4) is 0 Å². The molecule has 1 aliphatic rings. The fourth-order valence-corrected chi connectivity index (χ4v) is 4.88. The molecule has 7 nitrogen and oxygen atoms in total. The second-order valence-electron chi connectivity index (χ2n) is 7.76. The molecule has 0 bridgehead atoms. The third kappa shape index (κ3) is 4.81. The Labute approximate surface area is 177 Å². The highest BCUT2D eigenvalue weighted by atomic mass is 32.2. The SMILES string of the molecule is Cc1cc(C)c(N(CC(=O)Nc2ccc(N3CCCC3=O)cc2)S(C)(=O)=O)c(C)c1. The quantitative estimate of drug-likeness (QED) is 0.764. The molecule has 1 fully saturated rings. The second kappa shape index (κ2) is 8.47. The Hall–Kier alpha value is -2.87. The van der Waals surface area contributed by atoms with Crippen molar-refractivity contribution in [1.82, 2.24) is 0 Å². The molecule has 1 heterocycles. The van der Waals surface area contributed by atoms with E-state index in [1.165, 1.54) is 0 Å². The minimum atomic E-state index is -3.66. The van der Waals surface area contributed by atoms with Crippen molar-refractivity contribution in [2.45, 2.75) is 33.6 Å². The Balaban J connectivity index is 1.77. The summed E-state index contributed by atoms with van der Waals surface area (Å²) in [6, 6.07) is 10.8. The van der Waals surface area contributed by atoms with Crippen molar-refractivity contribution in [3.8, 4) is 0 Å². The molecule has 3 rings (SSSR count). The van der Waals surface area contributed by atoms with Crippen LogP contribution < -0.4 is 14.5 Å². The summed E-state index contributed by atoms with van der Waals surface area (Å²) in [6.45, 7) is 5.99. The molecule has 8 heteroatoms. The molecule has 2 aromatic rings. The van der Waals surface area contributed by atoms with Gasteiger partial charge in [0.25, 0.3) is 0 Å². The first-order valence-electron chi connectivity index (χ1n) is 9.82. The van der Waals surface area contributed by atoms with E-state index in [4.69, 9.17) is 0 Å². The van der Waals surface area contributed by atoms with E-state index in [-0.39, 0.29) is 12.5 Å². The first-order chi connectivity index (χ1) is 14.1. The van der Waals surface area contributed by atoms with E-state index < -0.39 is 15.9 Å². The lowest BCUT2D eigenvalue weighted by atomic mass is 10.1. The smallest absolute Gasteiger partial charge is 0.245 e. The minimum Gasteiger partial charge on any atom is -0.325 e. The highest BCUT2D eigenvalue weighted by molar-refractivity contribution is 7.92. The molecule has 1 aliphatic heterocycles. The van der Waals surface area contributed by atoms with E-state index in [0.717, 1.165) is 39.4 Å². The van der Waals surface area contributed by atoms with E-state index in [1.807, 2.05) is 32.9 Å². The Morgan fingerprint density at radius 1 is 1.10 bits per heavy atom. The lowest BCUT2D eigenvalue weighted by Gasteiger charge is -2.26. The van der Waals surface area contributed by atoms with E-state index >= 15 is 0 Å². The molecule has 0 aliphatic carbocycles. The van der Waals surface area contributed by atoms with Crippen LogP contribution in [0.15, 0.2) is 36.4 Å². The third-order valence-electron chi connectivity index (χ3n) is 5.11. The molecular weight excluding hydrogens is 402 g/mol. The average molecular weight is 430 g/mol. The molecule has 0 atom stereocenters. The fraction of sp³-hybridized carbons (Fsp3) is 0.364. The monoisotopic (exact) mass is 429 g/mol. The molecular formula is C22H27N3O4S. The summed E-state index contributed by atoms with van der Waals surface area (Å²) in [5.41, 5.74) is 4.49. The van der Waals surface area contributed by atoms with Crippen LogP contribution in [-0.2, 0) is 19.6 Å². The fourth-order valence-electron chi connectivity index (χ4n) is 3.90. The standard InChI is InChI=1S/C22H27N3O4S/c1-15-12-16(2)22(17(3)13-15)25(30(4,28)29)14-20(26)23-18-7-9-19(10-8-18)24-11-5-6-21(24)27/h7-10,12-13H,5-6,11,14H2,1-4H3,(H,23,26). The number of rotatable bonds is 6. The van der Waals surface area contributed by atoms with Crippen LogP contribution in [0.5, 0.6) is 0 Å². The van der Waals surface area contributed by atoms with Crippen LogP contribution in [0.1, 0.15) is 29.5 Å². The van der Waals surface area contributed by atoms with Crippen LogP contribution in [0.25, 0.3) is 0 Å². The number of hydrogen-bond donors (Lipinski definition) is 1.